The van der Waals surface area contributed by atoms with Crippen molar-refractivity contribution in [3.05, 3.63) is 22.7 Å². The van der Waals surface area contributed by atoms with Crippen molar-refractivity contribution in [3.8, 4) is 11.5 Å². The van der Waals surface area contributed by atoms with Gasteiger partial charge in [-0.2, -0.15) is 0 Å². The molecule has 6 nitrogen and oxygen atoms in total. The topological polar surface area (TPSA) is 71.1 Å². The molecule has 0 aliphatic rings. The van der Waals surface area contributed by atoms with Gasteiger partial charge in [-0.3, -0.25) is 0 Å². The number of benzene rings is 1. The lowest BCUT2D eigenvalue weighted by Crippen LogP contribution is -2.27. The van der Waals surface area contributed by atoms with E-state index < -0.39 is 23.1 Å². The molecule has 25 heavy (non-hydrogen) atoms. The molecule has 1 rings (SSSR count). The summed E-state index contributed by atoms with van der Waals surface area (Å²) in [5.74, 6) is -0.105. The lowest BCUT2D eigenvalue weighted by atomic mass is 10.2. The first-order valence-electron chi connectivity index (χ1n) is 7.84. The number of halogens is 1. The van der Waals surface area contributed by atoms with Gasteiger partial charge in [0.2, 0.25) is 0 Å². The zero-order chi connectivity index (χ0) is 19.3. The van der Waals surface area contributed by atoms with Crippen molar-refractivity contribution in [2.75, 3.05) is 13.2 Å². The molecule has 1 aromatic rings. The fourth-order valence-corrected chi connectivity index (χ4v) is 2.18. The average Bonchev–Trinajstić information content (AvgIpc) is 2.39. The minimum atomic E-state index is -0.570. The Labute approximate surface area is 156 Å². The van der Waals surface area contributed by atoms with Crippen LogP contribution in [0, 0.1) is 0 Å². The summed E-state index contributed by atoms with van der Waals surface area (Å²) in [6.07, 6.45) is 0. The minimum absolute atomic E-state index is 0.223. The largest absolute Gasteiger partial charge is 0.482 e. The Balaban J connectivity index is 2.61. The summed E-state index contributed by atoms with van der Waals surface area (Å²) >= 11 is 3.33. The Bertz CT molecular complexity index is 563. The molecule has 0 spiro atoms. The van der Waals surface area contributed by atoms with E-state index in [-0.39, 0.29) is 13.2 Å². The number of hydrogen-bond acceptors (Lipinski definition) is 6. The molecule has 0 aliphatic carbocycles. The van der Waals surface area contributed by atoms with Crippen molar-refractivity contribution in [3.63, 3.8) is 0 Å². The Hall–Kier alpha value is -1.76. The Morgan fingerprint density at radius 3 is 1.48 bits per heavy atom. The molecular weight excluding hydrogens is 392 g/mol. The first-order chi connectivity index (χ1) is 11.3. The van der Waals surface area contributed by atoms with Crippen LogP contribution >= 0.6 is 15.9 Å². The third-order valence-corrected chi connectivity index (χ3v) is 2.86. The van der Waals surface area contributed by atoms with Gasteiger partial charge in [0.1, 0.15) is 22.7 Å². The zero-order valence-corrected chi connectivity index (χ0v) is 17.1. The molecule has 0 aliphatic heterocycles. The van der Waals surface area contributed by atoms with E-state index in [1.807, 2.05) is 0 Å². The summed E-state index contributed by atoms with van der Waals surface area (Å²) in [5, 5.41) is 0. The van der Waals surface area contributed by atoms with Gasteiger partial charge in [0, 0.05) is 10.5 Å². The van der Waals surface area contributed by atoms with E-state index in [1.54, 1.807) is 59.7 Å². The van der Waals surface area contributed by atoms with Crippen LogP contribution in [0.4, 0.5) is 0 Å². The summed E-state index contributed by atoms with van der Waals surface area (Å²) < 4.78 is 21.9. The highest BCUT2D eigenvalue weighted by Gasteiger charge is 2.18. The number of hydrogen-bond donors (Lipinski definition) is 0. The second-order valence-corrected chi connectivity index (χ2v) is 8.29. The van der Waals surface area contributed by atoms with Crippen molar-refractivity contribution in [2.24, 2.45) is 0 Å². The Morgan fingerprint density at radius 2 is 1.16 bits per heavy atom. The smallest absolute Gasteiger partial charge is 0.344 e. The number of carbonyl (C=O) groups excluding carboxylic acids is 2. The van der Waals surface area contributed by atoms with E-state index in [4.69, 9.17) is 18.9 Å². The lowest BCUT2D eigenvalue weighted by molar-refractivity contribution is -0.158. The summed E-state index contributed by atoms with van der Waals surface area (Å²) in [4.78, 5) is 23.4. The maximum Gasteiger partial charge on any atom is 0.344 e. The highest BCUT2D eigenvalue weighted by atomic mass is 79.9. The first kappa shape index (κ1) is 21.3. The molecule has 0 saturated heterocycles. The van der Waals surface area contributed by atoms with Crippen LogP contribution in [0.15, 0.2) is 22.7 Å². The second-order valence-electron chi connectivity index (χ2n) is 7.37. The molecule has 0 bridgehead atoms. The van der Waals surface area contributed by atoms with Crippen molar-refractivity contribution in [1.82, 2.24) is 0 Å². The molecule has 0 aromatic heterocycles. The van der Waals surface area contributed by atoms with Gasteiger partial charge < -0.3 is 18.9 Å². The highest BCUT2D eigenvalue weighted by Crippen LogP contribution is 2.26. The van der Waals surface area contributed by atoms with Crippen LogP contribution in [0.3, 0.4) is 0 Å². The van der Waals surface area contributed by atoms with Crippen molar-refractivity contribution in [2.45, 2.75) is 52.7 Å². The molecule has 0 saturated carbocycles. The summed E-state index contributed by atoms with van der Waals surface area (Å²) in [7, 11) is 0. The zero-order valence-electron chi connectivity index (χ0n) is 15.5. The summed E-state index contributed by atoms with van der Waals surface area (Å²) in [6.45, 7) is 10.3. The second kappa shape index (κ2) is 8.56. The van der Waals surface area contributed by atoms with Crippen molar-refractivity contribution >= 4 is 27.9 Å². The molecule has 0 atom stereocenters. The third-order valence-electron chi connectivity index (χ3n) is 2.40. The molecule has 0 amide bonds. The average molecular weight is 417 g/mol. The Kier molecular flexibility index (Phi) is 7.29. The fraction of sp³-hybridized carbons (Fsp3) is 0.556. The van der Waals surface area contributed by atoms with E-state index in [1.165, 1.54) is 0 Å². The van der Waals surface area contributed by atoms with Crippen LogP contribution in [0.5, 0.6) is 11.5 Å². The number of esters is 2. The van der Waals surface area contributed by atoms with Crippen LogP contribution in [0.2, 0.25) is 0 Å². The van der Waals surface area contributed by atoms with Gasteiger partial charge in [-0.25, -0.2) is 9.59 Å². The molecule has 0 heterocycles. The fourth-order valence-electron chi connectivity index (χ4n) is 1.73. The third kappa shape index (κ3) is 9.96. The van der Waals surface area contributed by atoms with Gasteiger partial charge in [0.25, 0.3) is 0 Å². The van der Waals surface area contributed by atoms with E-state index in [0.29, 0.717) is 16.0 Å². The monoisotopic (exact) mass is 416 g/mol. The van der Waals surface area contributed by atoms with E-state index >= 15 is 0 Å². The summed E-state index contributed by atoms with van der Waals surface area (Å²) in [6, 6.07) is 4.95. The van der Waals surface area contributed by atoms with Crippen LogP contribution < -0.4 is 9.47 Å². The molecule has 140 valence electrons. The van der Waals surface area contributed by atoms with E-state index in [9.17, 15) is 9.59 Å². The molecule has 1 aromatic carbocycles. The molecular formula is C18H25BrO6. The standard InChI is InChI=1S/C18H25BrO6/c1-17(2,3)24-15(20)10-22-13-7-12(19)8-14(9-13)23-11-16(21)25-18(4,5)6/h7-9H,10-11H2,1-6H3. The predicted molar refractivity (Wildman–Crippen MR) is 96.8 cm³/mol. The van der Waals surface area contributed by atoms with Gasteiger partial charge in [0.15, 0.2) is 13.2 Å². The molecule has 0 unspecified atom stereocenters. The van der Waals surface area contributed by atoms with Gasteiger partial charge in [0.05, 0.1) is 0 Å². The van der Waals surface area contributed by atoms with Gasteiger partial charge in [-0.15, -0.1) is 0 Å². The maximum absolute atomic E-state index is 11.7. The minimum Gasteiger partial charge on any atom is -0.482 e. The maximum atomic E-state index is 11.7. The molecule has 0 fully saturated rings. The van der Waals surface area contributed by atoms with Crippen molar-refractivity contribution in [1.29, 1.82) is 0 Å². The Morgan fingerprint density at radius 1 is 0.800 bits per heavy atom. The molecule has 0 N–H and O–H groups in total. The lowest BCUT2D eigenvalue weighted by Gasteiger charge is -2.20. The SMILES string of the molecule is CC(C)(C)OC(=O)COc1cc(Br)cc(OCC(=O)OC(C)(C)C)c1. The predicted octanol–water partition coefficient (Wildman–Crippen LogP) is 3.89. The van der Waals surface area contributed by atoms with Crippen molar-refractivity contribution < 1.29 is 28.5 Å². The number of carbonyl (C=O) groups is 2. The number of ether oxygens (including phenoxy) is 4. The highest BCUT2D eigenvalue weighted by molar-refractivity contribution is 9.10. The summed E-state index contributed by atoms with van der Waals surface area (Å²) in [5.41, 5.74) is -1.14. The first-order valence-corrected chi connectivity index (χ1v) is 8.63. The van der Waals surface area contributed by atoms with Gasteiger partial charge in [-0.1, -0.05) is 15.9 Å². The van der Waals surface area contributed by atoms with Gasteiger partial charge in [-0.05, 0) is 53.7 Å². The van der Waals surface area contributed by atoms with Crippen LogP contribution in [0.1, 0.15) is 41.5 Å². The van der Waals surface area contributed by atoms with E-state index in [0.717, 1.165) is 0 Å². The quantitative estimate of drug-likeness (QED) is 0.654. The van der Waals surface area contributed by atoms with Gasteiger partial charge >= 0.3 is 11.9 Å². The van der Waals surface area contributed by atoms with Crippen LogP contribution in [0.25, 0.3) is 0 Å². The molecule has 7 heteroatoms. The van der Waals surface area contributed by atoms with Crippen LogP contribution in [-0.2, 0) is 19.1 Å². The van der Waals surface area contributed by atoms with Crippen LogP contribution in [-0.4, -0.2) is 36.4 Å². The number of rotatable bonds is 6. The normalized spacial score (nSPS) is 11.6. The molecule has 0 radical (unpaired) electrons. The van der Waals surface area contributed by atoms with E-state index in [2.05, 4.69) is 15.9 Å².